The first-order chi connectivity index (χ1) is 6.43. The molecule has 0 saturated heterocycles. The van der Waals surface area contributed by atoms with Crippen LogP contribution in [-0.2, 0) is 4.79 Å². The monoisotopic (exact) mass is 200 g/mol. The van der Waals surface area contributed by atoms with E-state index in [1.165, 1.54) is 12.8 Å². The van der Waals surface area contributed by atoms with Gasteiger partial charge in [0, 0.05) is 0 Å². The maximum atomic E-state index is 10.6. The highest BCUT2D eigenvalue weighted by molar-refractivity contribution is 5.69. The molecule has 0 spiro atoms. The molecule has 0 aliphatic carbocycles. The summed E-state index contributed by atoms with van der Waals surface area (Å²) in [6, 6.07) is 0. The second-order valence-electron chi connectivity index (χ2n) is 4.89. The number of carboxylic acid groups (broad SMARTS) is 1. The van der Waals surface area contributed by atoms with Gasteiger partial charge in [0.25, 0.3) is 0 Å². The van der Waals surface area contributed by atoms with E-state index in [2.05, 4.69) is 20.8 Å². The normalized spacial score (nSPS) is 15.5. The molecule has 2 nitrogen and oxygen atoms in total. The highest BCUT2D eigenvalue weighted by Gasteiger charge is 2.12. The maximum Gasteiger partial charge on any atom is 0.306 e. The van der Waals surface area contributed by atoms with Gasteiger partial charge >= 0.3 is 5.97 Å². The van der Waals surface area contributed by atoms with Crippen LogP contribution in [0.2, 0.25) is 0 Å². The molecule has 0 rings (SSSR count). The standard InChI is InChI=1S/C12H24O2/c1-9(2)5-6-10(3)7-8-11(4)12(13)14/h9-11H,5-8H2,1-4H3,(H,13,14). The van der Waals surface area contributed by atoms with Gasteiger partial charge in [-0.2, -0.15) is 0 Å². The third-order valence-electron chi connectivity index (χ3n) is 2.75. The van der Waals surface area contributed by atoms with Crippen molar-refractivity contribution in [1.82, 2.24) is 0 Å². The average molecular weight is 200 g/mol. The van der Waals surface area contributed by atoms with Crippen molar-refractivity contribution in [3.63, 3.8) is 0 Å². The van der Waals surface area contributed by atoms with Crippen LogP contribution in [0.5, 0.6) is 0 Å². The van der Waals surface area contributed by atoms with Crippen LogP contribution in [0.4, 0.5) is 0 Å². The van der Waals surface area contributed by atoms with Crippen LogP contribution in [0.1, 0.15) is 53.4 Å². The molecule has 0 aromatic carbocycles. The Balaban J connectivity index is 3.53. The highest BCUT2D eigenvalue weighted by Crippen LogP contribution is 2.19. The predicted molar refractivity (Wildman–Crippen MR) is 59.3 cm³/mol. The summed E-state index contributed by atoms with van der Waals surface area (Å²) in [6.45, 7) is 8.47. The molecule has 0 heterocycles. The fraction of sp³-hybridized carbons (Fsp3) is 0.917. The summed E-state index contributed by atoms with van der Waals surface area (Å²) in [5.41, 5.74) is 0. The van der Waals surface area contributed by atoms with Crippen molar-refractivity contribution < 1.29 is 9.90 Å². The van der Waals surface area contributed by atoms with Crippen LogP contribution in [-0.4, -0.2) is 11.1 Å². The number of rotatable bonds is 7. The van der Waals surface area contributed by atoms with E-state index in [0.717, 1.165) is 18.8 Å². The van der Waals surface area contributed by atoms with E-state index in [4.69, 9.17) is 5.11 Å². The molecular weight excluding hydrogens is 176 g/mol. The van der Waals surface area contributed by atoms with Crippen LogP contribution >= 0.6 is 0 Å². The zero-order valence-corrected chi connectivity index (χ0v) is 9.92. The van der Waals surface area contributed by atoms with E-state index < -0.39 is 5.97 Å². The summed E-state index contributed by atoms with van der Waals surface area (Å²) >= 11 is 0. The lowest BCUT2D eigenvalue weighted by atomic mass is 9.92. The van der Waals surface area contributed by atoms with Gasteiger partial charge in [-0.05, 0) is 24.7 Å². The van der Waals surface area contributed by atoms with Crippen LogP contribution in [0.3, 0.4) is 0 Å². The molecule has 1 N–H and O–H groups in total. The average Bonchev–Trinajstić information content (AvgIpc) is 2.10. The highest BCUT2D eigenvalue weighted by atomic mass is 16.4. The molecule has 0 amide bonds. The SMILES string of the molecule is CC(C)CCC(C)CCC(C)C(=O)O. The third-order valence-corrected chi connectivity index (χ3v) is 2.75. The number of hydrogen-bond acceptors (Lipinski definition) is 1. The lowest BCUT2D eigenvalue weighted by molar-refractivity contribution is -0.141. The summed E-state index contributed by atoms with van der Waals surface area (Å²) < 4.78 is 0. The summed E-state index contributed by atoms with van der Waals surface area (Å²) in [5, 5.41) is 8.71. The topological polar surface area (TPSA) is 37.3 Å². The van der Waals surface area contributed by atoms with Gasteiger partial charge < -0.3 is 5.11 Å². The van der Waals surface area contributed by atoms with Crippen molar-refractivity contribution in [1.29, 1.82) is 0 Å². The summed E-state index contributed by atoms with van der Waals surface area (Å²) in [6.07, 6.45) is 4.33. The van der Waals surface area contributed by atoms with E-state index in [1.54, 1.807) is 6.92 Å². The smallest absolute Gasteiger partial charge is 0.306 e. The third kappa shape index (κ3) is 6.93. The Morgan fingerprint density at radius 3 is 1.93 bits per heavy atom. The van der Waals surface area contributed by atoms with Gasteiger partial charge in [0.2, 0.25) is 0 Å². The Labute approximate surface area is 87.7 Å². The quantitative estimate of drug-likeness (QED) is 0.682. The van der Waals surface area contributed by atoms with Crippen molar-refractivity contribution in [2.75, 3.05) is 0 Å². The molecule has 0 aliphatic rings. The van der Waals surface area contributed by atoms with Gasteiger partial charge in [-0.3, -0.25) is 4.79 Å². The van der Waals surface area contributed by atoms with Crippen molar-refractivity contribution in [3.8, 4) is 0 Å². The first kappa shape index (κ1) is 13.5. The van der Waals surface area contributed by atoms with Gasteiger partial charge in [-0.15, -0.1) is 0 Å². The predicted octanol–water partition coefficient (Wildman–Crippen LogP) is 3.56. The largest absolute Gasteiger partial charge is 0.481 e. The van der Waals surface area contributed by atoms with Gasteiger partial charge in [-0.25, -0.2) is 0 Å². The zero-order valence-electron chi connectivity index (χ0n) is 9.92. The molecule has 14 heavy (non-hydrogen) atoms. The number of hydrogen-bond donors (Lipinski definition) is 1. The Morgan fingerprint density at radius 1 is 1.00 bits per heavy atom. The van der Waals surface area contributed by atoms with Crippen LogP contribution in [0.25, 0.3) is 0 Å². The molecular formula is C12H24O2. The second kappa shape index (κ2) is 6.86. The van der Waals surface area contributed by atoms with Crippen molar-refractivity contribution in [3.05, 3.63) is 0 Å². The zero-order chi connectivity index (χ0) is 11.1. The molecule has 0 aromatic rings. The molecule has 2 heteroatoms. The lowest BCUT2D eigenvalue weighted by Gasteiger charge is -2.14. The van der Waals surface area contributed by atoms with Crippen LogP contribution in [0, 0.1) is 17.8 Å². The van der Waals surface area contributed by atoms with Gasteiger partial charge in [0.15, 0.2) is 0 Å². The van der Waals surface area contributed by atoms with E-state index in [0.29, 0.717) is 5.92 Å². The molecule has 2 unspecified atom stereocenters. The summed E-state index contributed by atoms with van der Waals surface area (Å²) in [5.74, 6) is 0.575. The Kier molecular flexibility index (Phi) is 6.60. The minimum atomic E-state index is -0.666. The van der Waals surface area contributed by atoms with E-state index >= 15 is 0 Å². The number of carboxylic acids is 1. The molecule has 0 aliphatic heterocycles. The first-order valence-electron chi connectivity index (χ1n) is 5.66. The molecule has 0 bridgehead atoms. The molecule has 0 radical (unpaired) electrons. The summed E-state index contributed by atoms with van der Waals surface area (Å²) in [7, 11) is 0. The van der Waals surface area contributed by atoms with Crippen molar-refractivity contribution in [2.45, 2.75) is 53.4 Å². The van der Waals surface area contributed by atoms with Crippen molar-refractivity contribution in [2.24, 2.45) is 17.8 Å². The molecule has 0 fully saturated rings. The van der Waals surface area contributed by atoms with E-state index in [-0.39, 0.29) is 5.92 Å². The Bertz CT molecular complexity index is 164. The summed E-state index contributed by atoms with van der Waals surface area (Å²) in [4.78, 5) is 10.6. The minimum Gasteiger partial charge on any atom is -0.481 e. The van der Waals surface area contributed by atoms with E-state index in [1.807, 2.05) is 0 Å². The lowest BCUT2D eigenvalue weighted by Crippen LogP contribution is -2.11. The van der Waals surface area contributed by atoms with Crippen LogP contribution in [0.15, 0.2) is 0 Å². The maximum absolute atomic E-state index is 10.6. The van der Waals surface area contributed by atoms with E-state index in [9.17, 15) is 4.79 Å². The van der Waals surface area contributed by atoms with Crippen LogP contribution < -0.4 is 0 Å². The Morgan fingerprint density at radius 2 is 1.50 bits per heavy atom. The minimum absolute atomic E-state index is 0.184. The molecule has 0 saturated carbocycles. The number of carbonyl (C=O) groups is 1. The van der Waals surface area contributed by atoms with Gasteiger partial charge in [0.1, 0.15) is 0 Å². The molecule has 0 aromatic heterocycles. The molecule has 2 atom stereocenters. The first-order valence-corrected chi connectivity index (χ1v) is 5.66. The number of aliphatic carboxylic acids is 1. The Hall–Kier alpha value is -0.530. The molecule has 84 valence electrons. The fourth-order valence-corrected chi connectivity index (χ4v) is 1.42. The van der Waals surface area contributed by atoms with Gasteiger partial charge in [0.05, 0.1) is 5.92 Å². The van der Waals surface area contributed by atoms with Gasteiger partial charge in [-0.1, -0.05) is 40.5 Å². The van der Waals surface area contributed by atoms with Crippen molar-refractivity contribution >= 4 is 5.97 Å². The fourth-order valence-electron chi connectivity index (χ4n) is 1.42. The second-order valence-corrected chi connectivity index (χ2v) is 4.89.